The van der Waals surface area contributed by atoms with Crippen LogP contribution in [-0.2, 0) is 6.18 Å². The molecule has 0 saturated heterocycles. The Morgan fingerprint density at radius 1 is 0.800 bits per heavy atom. The number of aromatic nitrogens is 3. The molecular formula is C17H14F3N3O2. The van der Waals surface area contributed by atoms with Gasteiger partial charge in [0.05, 0.1) is 14.2 Å². The molecule has 3 aromatic rings. The van der Waals surface area contributed by atoms with E-state index in [-0.39, 0.29) is 11.5 Å². The van der Waals surface area contributed by atoms with Crippen molar-refractivity contribution >= 4 is 0 Å². The highest BCUT2D eigenvalue weighted by Crippen LogP contribution is 2.34. The number of methoxy groups -OCH3 is 2. The van der Waals surface area contributed by atoms with Crippen molar-refractivity contribution in [3.8, 4) is 28.6 Å². The number of benzene rings is 2. The first-order valence-corrected chi connectivity index (χ1v) is 7.25. The Hall–Kier alpha value is -3.03. The van der Waals surface area contributed by atoms with Crippen LogP contribution in [0.5, 0.6) is 11.5 Å². The van der Waals surface area contributed by atoms with Gasteiger partial charge in [0, 0.05) is 11.3 Å². The van der Waals surface area contributed by atoms with Crippen LogP contribution in [0.25, 0.3) is 17.1 Å². The van der Waals surface area contributed by atoms with E-state index in [1.54, 1.807) is 36.4 Å². The molecule has 0 aliphatic rings. The molecule has 0 spiro atoms. The Bertz CT molecular complexity index is 856. The molecule has 3 rings (SSSR count). The zero-order valence-corrected chi connectivity index (χ0v) is 13.4. The second-order valence-electron chi connectivity index (χ2n) is 5.11. The maximum Gasteiger partial charge on any atom is 0.452 e. The summed E-state index contributed by atoms with van der Waals surface area (Å²) in [5.41, 5.74) is 0.767. The lowest BCUT2D eigenvalue weighted by molar-refractivity contribution is -0.146. The fourth-order valence-corrected chi connectivity index (χ4v) is 2.37. The third-order valence-corrected chi connectivity index (χ3v) is 3.60. The predicted octanol–water partition coefficient (Wildman–Crippen LogP) is 3.97. The van der Waals surface area contributed by atoms with Gasteiger partial charge in [0.25, 0.3) is 0 Å². The molecule has 5 nitrogen and oxygen atoms in total. The maximum absolute atomic E-state index is 13.4. The van der Waals surface area contributed by atoms with E-state index in [4.69, 9.17) is 9.47 Å². The molecule has 0 fully saturated rings. The lowest BCUT2D eigenvalue weighted by atomic mass is 10.2. The molecule has 0 aliphatic carbocycles. The van der Waals surface area contributed by atoms with E-state index in [0.29, 0.717) is 17.1 Å². The molecule has 25 heavy (non-hydrogen) atoms. The summed E-state index contributed by atoms with van der Waals surface area (Å²) >= 11 is 0. The minimum Gasteiger partial charge on any atom is -0.497 e. The van der Waals surface area contributed by atoms with Crippen LogP contribution in [0.4, 0.5) is 13.2 Å². The number of alkyl halides is 3. The van der Waals surface area contributed by atoms with Gasteiger partial charge in [0.1, 0.15) is 11.5 Å². The summed E-state index contributed by atoms with van der Waals surface area (Å²) in [7, 11) is 2.99. The highest BCUT2D eigenvalue weighted by molar-refractivity contribution is 5.60. The van der Waals surface area contributed by atoms with E-state index in [9.17, 15) is 13.2 Å². The molecular weight excluding hydrogens is 335 g/mol. The lowest BCUT2D eigenvalue weighted by Crippen LogP contribution is -2.14. The summed E-state index contributed by atoms with van der Waals surface area (Å²) < 4.78 is 51.2. The lowest BCUT2D eigenvalue weighted by Gasteiger charge is -2.13. The largest absolute Gasteiger partial charge is 0.497 e. The van der Waals surface area contributed by atoms with Crippen molar-refractivity contribution in [3.63, 3.8) is 0 Å². The van der Waals surface area contributed by atoms with Crippen LogP contribution in [0.2, 0.25) is 0 Å². The molecule has 2 aromatic carbocycles. The Balaban J connectivity index is 2.16. The Kier molecular flexibility index (Phi) is 4.35. The van der Waals surface area contributed by atoms with Crippen LogP contribution in [0.3, 0.4) is 0 Å². The van der Waals surface area contributed by atoms with E-state index in [2.05, 4.69) is 10.2 Å². The van der Waals surface area contributed by atoms with E-state index in [1.165, 1.54) is 26.4 Å². The number of ether oxygens (including phenoxy) is 2. The molecule has 8 heteroatoms. The number of rotatable bonds is 4. The minimum atomic E-state index is -4.64. The highest BCUT2D eigenvalue weighted by Gasteiger charge is 2.39. The van der Waals surface area contributed by atoms with Gasteiger partial charge in [-0.1, -0.05) is 0 Å². The molecule has 0 bridgehead atoms. The summed E-state index contributed by atoms with van der Waals surface area (Å²) in [6.45, 7) is 0. The SMILES string of the molecule is COc1ccc(-c2nnc(C(F)(F)F)n2-c2ccc(OC)cc2)cc1. The molecule has 0 saturated carbocycles. The van der Waals surface area contributed by atoms with Gasteiger partial charge in [0.2, 0.25) is 5.82 Å². The van der Waals surface area contributed by atoms with Crippen molar-refractivity contribution < 1.29 is 22.6 Å². The van der Waals surface area contributed by atoms with Crippen molar-refractivity contribution in [1.29, 1.82) is 0 Å². The summed E-state index contributed by atoms with van der Waals surface area (Å²) in [6, 6.07) is 12.7. The quantitative estimate of drug-likeness (QED) is 0.715. The minimum absolute atomic E-state index is 0.0835. The van der Waals surface area contributed by atoms with E-state index in [0.717, 1.165) is 4.57 Å². The van der Waals surface area contributed by atoms with Gasteiger partial charge in [-0.15, -0.1) is 10.2 Å². The molecule has 1 aromatic heterocycles. The number of nitrogens with zero attached hydrogens (tertiary/aromatic N) is 3. The fraction of sp³-hybridized carbons (Fsp3) is 0.176. The number of hydrogen-bond donors (Lipinski definition) is 0. The standard InChI is InChI=1S/C17H14F3N3O2/c1-24-13-7-3-11(4-8-13)15-21-22-16(17(18,19)20)23(15)12-5-9-14(25-2)10-6-12/h3-10H,1-2H3. The molecule has 0 unspecified atom stereocenters. The van der Waals surface area contributed by atoms with Gasteiger partial charge >= 0.3 is 6.18 Å². The number of halogens is 3. The van der Waals surface area contributed by atoms with Crippen molar-refractivity contribution in [2.24, 2.45) is 0 Å². The van der Waals surface area contributed by atoms with Crippen molar-refractivity contribution in [3.05, 3.63) is 54.4 Å². The van der Waals surface area contributed by atoms with Gasteiger partial charge in [-0.25, -0.2) is 0 Å². The van der Waals surface area contributed by atoms with Crippen molar-refractivity contribution in [1.82, 2.24) is 14.8 Å². The molecule has 0 amide bonds. The summed E-state index contributed by atoms with van der Waals surface area (Å²) in [4.78, 5) is 0. The van der Waals surface area contributed by atoms with E-state index in [1.807, 2.05) is 0 Å². The summed E-state index contributed by atoms with van der Waals surface area (Å²) in [5, 5.41) is 7.10. The van der Waals surface area contributed by atoms with Crippen molar-refractivity contribution in [2.75, 3.05) is 14.2 Å². The predicted molar refractivity (Wildman–Crippen MR) is 84.9 cm³/mol. The normalized spacial score (nSPS) is 11.4. The van der Waals surface area contributed by atoms with Gasteiger partial charge in [-0.05, 0) is 48.5 Å². The molecule has 0 aliphatic heterocycles. The average molecular weight is 349 g/mol. The molecule has 130 valence electrons. The first kappa shape index (κ1) is 16.8. The van der Waals surface area contributed by atoms with Crippen LogP contribution in [0, 0.1) is 0 Å². The van der Waals surface area contributed by atoms with Gasteiger partial charge in [-0.3, -0.25) is 4.57 Å². The molecule has 1 heterocycles. The van der Waals surface area contributed by atoms with Crippen LogP contribution < -0.4 is 9.47 Å². The van der Waals surface area contributed by atoms with Crippen LogP contribution in [0.1, 0.15) is 5.82 Å². The smallest absolute Gasteiger partial charge is 0.452 e. The monoisotopic (exact) mass is 349 g/mol. The average Bonchev–Trinajstić information content (AvgIpc) is 3.07. The maximum atomic E-state index is 13.4. The first-order valence-electron chi connectivity index (χ1n) is 7.25. The highest BCUT2D eigenvalue weighted by atomic mass is 19.4. The molecule has 0 radical (unpaired) electrons. The van der Waals surface area contributed by atoms with Gasteiger partial charge < -0.3 is 9.47 Å². The first-order chi connectivity index (χ1) is 11.9. The molecule has 0 atom stereocenters. The van der Waals surface area contributed by atoms with Gasteiger partial charge in [0.15, 0.2) is 5.82 Å². The number of hydrogen-bond acceptors (Lipinski definition) is 4. The zero-order chi connectivity index (χ0) is 18.0. The molecule has 0 N–H and O–H groups in total. The summed E-state index contributed by atoms with van der Waals surface area (Å²) in [5.74, 6) is 0.121. The van der Waals surface area contributed by atoms with Crippen molar-refractivity contribution in [2.45, 2.75) is 6.18 Å². The van der Waals surface area contributed by atoms with Gasteiger partial charge in [-0.2, -0.15) is 13.2 Å². The third-order valence-electron chi connectivity index (χ3n) is 3.60. The van der Waals surface area contributed by atoms with Crippen LogP contribution >= 0.6 is 0 Å². The fourth-order valence-electron chi connectivity index (χ4n) is 2.37. The van der Waals surface area contributed by atoms with Crippen LogP contribution in [0.15, 0.2) is 48.5 Å². The Morgan fingerprint density at radius 3 is 1.80 bits per heavy atom. The second-order valence-corrected chi connectivity index (χ2v) is 5.11. The topological polar surface area (TPSA) is 49.2 Å². The Labute approximate surface area is 141 Å². The third kappa shape index (κ3) is 3.28. The Morgan fingerprint density at radius 2 is 1.32 bits per heavy atom. The van der Waals surface area contributed by atoms with E-state index < -0.39 is 12.0 Å². The zero-order valence-electron chi connectivity index (χ0n) is 13.4. The van der Waals surface area contributed by atoms with Crippen LogP contribution in [-0.4, -0.2) is 29.0 Å². The van der Waals surface area contributed by atoms with E-state index >= 15 is 0 Å². The summed E-state index contributed by atoms with van der Waals surface area (Å²) in [6.07, 6.45) is -4.64. The second kappa shape index (κ2) is 6.46.